The predicted molar refractivity (Wildman–Crippen MR) is 151 cm³/mol. The van der Waals surface area contributed by atoms with E-state index < -0.39 is 18.0 Å². The third-order valence-electron chi connectivity index (χ3n) is 6.05. The Morgan fingerprint density at radius 2 is 1.88 bits per heavy atom. The summed E-state index contributed by atoms with van der Waals surface area (Å²) in [7, 11) is 1.45. The molecule has 4 rings (SSSR count). The number of aromatic nitrogens is 1. The minimum absolute atomic E-state index is 0.123. The lowest BCUT2D eigenvalue weighted by molar-refractivity contribution is -0.140. The molecule has 0 fully saturated rings. The maximum absolute atomic E-state index is 13.9. The molecular weight excluding hydrogens is 532 g/mol. The number of thiazole rings is 1. The van der Waals surface area contributed by atoms with Crippen molar-refractivity contribution in [1.82, 2.24) is 4.57 Å². The number of ether oxygens (including phenoxy) is 4. The third kappa shape index (κ3) is 6.02. The molecule has 0 saturated carbocycles. The number of carbonyl (C=O) groups excluding carboxylic acids is 2. The number of para-hydroxylation sites is 1. The van der Waals surface area contributed by atoms with E-state index >= 15 is 0 Å². The van der Waals surface area contributed by atoms with Crippen LogP contribution in [0.5, 0.6) is 17.2 Å². The van der Waals surface area contributed by atoms with Crippen LogP contribution in [0.3, 0.4) is 0 Å². The lowest BCUT2D eigenvalue weighted by Crippen LogP contribution is -2.40. The Hall–Kier alpha value is -4.18. The molecule has 1 aromatic heterocycles. The Morgan fingerprint density at radius 3 is 2.55 bits per heavy atom. The summed E-state index contributed by atoms with van der Waals surface area (Å²) in [4.78, 5) is 44.0. The van der Waals surface area contributed by atoms with Gasteiger partial charge in [0.15, 0.2) is 16.3 Å². The standard InChI is InChI=1S/C30H32N2O7S/c1-7-37-22-11-9-8-10-20(22)15-25-28(34)32-27(21-12-13-23(39-19(5)33)24(14-21)36-6)26(18(4)31-30(32)40-25)29(35)38-16-17(2)3/h8-15,17,27H,7,16H2,1-6H3. The molecule has 1 unspecified atom stereocenters. The Bertz CT molecular complexity index is 1650. The van der Waals surface area contributed by atoms with E-state index in [1.165, 1.54) is 29.9 Å². The van der Waals surface area contributed by atoms with Crippen molar-refractivity contribution in [2.45, 2.75) is 40.7 Å². The van der Waals surface area contributed by atoms with Crippen molar-refractivity contribution < 1.29 is 28.5 Å². The van der Waals surface area contributed by atoms with E-state index in [1.54, 1.807) is 31.2 Å². The van der Waals surface area contributed by atoms with Crippen molar-refractivity contribution in [1.29, 1.82) is 0 Å². The summed E-state index contributed by atoms with van der Waals surface area (Å²) in [6.07, 6.45) is 1.77. The second-order valence-corrected chi connectivity index (χ2v) is 10.6. The smallest absolute Gasteiger partial charge is 0.338 e. The molecule has 0 N–H and O–H groups in total. The molecule has 2 heterocycles. The quantitative estimate of drug-likeness (QED) is 0.288. The van der Waals surface area contributed by atoms with Gasteiger partial charge in [0.05, 0.1) is 42.2 Å². The van der Waals surface area contributed by atoms with E-state index in [1.807, 2.05) is 45.0 Å². The second-order valence-electron chi connectivity index (χ2n) is 9.55. The summed E-state index contributed by atoms with van der Waals surface area (Å²) in [6.45, 7) is 9.51. The molecule has 3 aromatic rings. The molecule has 2 aromatic carbocycles. The third-order valence-corrected chi connectivity index (χ3v) is 7.03. The van der Waals surface area contributed by atoms with E-state index in [4.69, 9.17) is 18.9 Å². The zero-order valence-electron chi connectivity index (χ0n) is 23.3. The van der Waals surface area contributed by atoms with Crippen LogP contribution in [0.15, 0.2) is 63.5 Å². The molecule has 0 spiro atoms. The van der Waals surface area contributed by atoms with Crippen molar-refractivity contribution in [3.63, 3.8) is 0 Å². The molecule has 0 amide bonds. The number of benzene rings is 2. The zero-order valence-corrected chi connectivity index (χ0v) is 24.2. The molecule has 9 nitrogen and oxygen atoms in total. The normalized spacial score (nSPS) is 15.0. The number of nitrogens with zero attached hydrogens (tertiary/aromatic N) is 2. The van der Waals surface area contributed by atoms with Gasteiger partial charge in [0.2, 0.25) is 0 Å². The maximum Gasteiger partial charge on any atom is 0.338 e. The average Bonchev–Trinajstić information content (AvgIpc) is 3.21. The molecule has 1 aliphatic rings. The van der Waals surface area contributed by atoms with Crippen LogP contribution in [0.4, 0.5) is 0 Å². The highest BCUT2D eigenvalue weighted by Gasteiger charge is 2.34. The monoisotopic (exact) mass is 564 g/mol. The number of hydrogen-bond donors (Lipinski definition) is 0. The molecular formula is C30H32N2O7S. The van der Waals surface area contributed by atoms with Crippen LogP contribution in [0.2, 0.25) is 0 Å². The van der Waals surface area contributed by atoms with Crippen LogP contribution in [-0.2, 0) is 14.3 Å². The number of hydrogen-bond acceptors (Lipinski definition) is 9. The zero-order chi connectivity index (χ0) is 29.0. The van der Waals surface area contributed by atoms with E-state index in [9.17, 15) is 14.4 Å². The summed E-state index contributed by atoms with van der Waals surface area (Å²) >= 11 is 1.23. The first-order valence-electron chi connectivity index (χ1n) is 12.9. The molecule has 10 heteroatoms. The summed E-state index contributed by atoms with van der Waals surface area (Å²) < 4.78 is 24.0. The van der Waals surface area contributed by atoms with Crippen molar-refractivity contribution in [3.05, 3.63) is 84.5 Å². The number of carbonyl (C=O) groups is 2. The van der Waals surface area contributed by atoms with Gasteiger partial charge in [-0.2, -0.15) is 0 Å². The fraction of sp³-hybridized carbons (Fsp3) is 0.333. The van der Waals surface area contributed by atoms with Crippen molar-refractivity contribution in [2.24, 2.45) is 10.9 Å². The maximum atomic E-state index is 13.9. The van der Waals surface area contributed by atoms with Gasteiger partial charge in [-0.1, -0.05) is 49.4 Å². The van der Waals surface area contributed by atoms with Gasteiger partial charge in [0.1, 0.15) is 5.75 Å². The van der Waals surface area contributed by atoms with Gasteiger partial charge in [-0.25, -0.2) is 9.79 Å². The Kier molecular flexibility index (Phi) is 8.89. The number of allylic oxidation sites excluding steroid dienone is 1. The predicted octanol–water partition coefficient (Wildman–Crippen LogP) is 3.77. The molecule has 1 atom stereocenters. The number of methoxy groups -OCH3 is 1. The molecule has 210 valence electrons. The van der Waals surface area contributed by atoms with Crippen LogP contribution >= 0.6 is 11.3 Å². The second kappa shape index (κ2) is 12.3. The van der Waals surface area contributed by atoms with Crippen LogP contribution in [-0.4, -0.2) is 36.8 Å². The highest BCUT2D eigenvalue weighted by atomic mass is 32.1. The lowest BCUT2D eigenvalue weighted by Gasteiger charge is -2.25. The summed E-state index contributed by atoms with van der Waals surface area (Å²) in [6, 6.07) is 11.5. The number of fused-ring (bicyclic) bond motifs is 1. The van der Waals surface area contributed by atoms with Crippen LogP contribution < -0.4 is 29.1 Å². The minimum atomic E-state index is -0.847. The van der Waals surface area contributed by atoms with Gasteiger partial charge in [-0.05, 0) is 49.6 Å². The first-order valence-corrected chi connectivity index (χ1v) is 13.7. The van der Waals surface area contributed by atoms with E-state index in [-0.39, 0.29) is 35.2 Å². The van der Waals surface area contributed by atoms with Gasteiger partial charge in [-0.15, -0.1) is 0 Å². The highest BCUT2D eigenvalue weighted by Crippen LogP contribution is 2.36. The lowest BCUT2D eigenvalue weighted by atomic mass is 9.95. The van der Waals surface area contributed by atoms with Crippen molar-refractivity contribution >= 4 is 29.4 Å². The van der Waals surface area contributed by atoms with Crippen molar-refractivity contribution in [3.8, 4) is 17.2 Å². The van der Waals surface area contributed by atoms with Crippen molar-refractivity contribution in [2.75, 3.05) is 20.3 Å². The van der Waals surface area contributed by atoms with Gasteiger partial charge in [0.25, 0.3) is 5.56 Å². The number of rotatable bonds is 9. The topological polar surface area (TPSA) is 105 Å². The molecule has 0 aliphatic carbocycles. The summed E-state index contributed by atoms with van der Waals surface area (Å²) in [5.74, 6) is 0.234. The molecule has 0 saturated heterocycles. The average molecular weight is 565 g/mol. The SMILES string of the molecule is CCOc1ccccc1C=c1sc2n(c1=O)C(c1ccc(OC(C)=O)c(OC)c1)C(C(=O)OCC(C)C)=C(C)N=2. The molecule has 0 radical (unpaired) electrons. The fourth-order valence-electron chi connectivity index (χ4n) is 4.34. The van der Waals surface area contributed by atoms with Gasteiger partial charge < -0.3 is 18.9 Å². The minimum Gasteiger partial charge on any atom is -0.493 e. The number of esters is 2. The van der Waals surface area contributed by atoms with Gasteiger partial charge >= 0.3 is 11.9 Å². The molecule has 40 heavy (non-hydrogen) atoms. The van der Waals surface area contributed by atoms with E-state index in [2.05, 4.69) is 4.99 Å². The Morgan fingerprint density at radius 1 is 1.12 bits per heavy atom. The Balaban J connectivity index is 1.93. The largest absolute Gasteiger partial charge is 0.493 e. The van der Waals surface area contributed by atoms with Crippen LogP contribution in [0.25, 0.3) is 6.08 Å². The molecule has 0 bridgehead atoms. The van der Waals surface area contributed by atoms with Crippen LogP contribution in [0, 0.1) is 5.92 Å². The van der Waals surface area contributed by atoms with E-state index in [0.29, 0.717) is 33.0 Å². The first kappa shape index (κ1) is 28.8. The van der Waals surface area contributed by atoms with Gasteiger partial charge in [-0.3, -0.25) is 14.2 Å². The van der Waals surface area contributed by atoms with Crippen LogP contribution in [0.1, 0.15) is 51.8 Å². The Labute approximate surface area is 236 Å². The molecule has 1 aliphatic heterocycles. The summed E-state index contributed by atoms with van der Waals surface area (Å²) in [5, 5.41) is 0. The van der Waals surface area contributed by atoms with E-state index in [0.717, 1.165) is 5.56 Å². The van der Waals surface area contributed by atoms with Gasteiger partial charge in [0, 0.05) is 12.5 Å². The fourth-order valence-corrected chi connectivity index (χ4v) is 5.38. The first-order chi connectivity index (χ1) is 19.1. The highest BCUT2D eigenvalue weighted by molar-refractivity contribution is 7.07. The summed E-state index contributed by atoms with van der Waals surface area (Å²) in [5.41, 5.74) is 1.71.